The first kappa shape index (κ1) is 7.85. The number of anilines is 1. The van der Waals surface area contributed by atoms with Gasteiger partial charge in [0.05, 0.1) is 11.0 Å². The molecule has 1 aliphatic rings. The molecule has 0 amide bonds. The van der Waals surface area contributed by atoms with Crippen molar-refractivity contribution < 1.29 is 0 Å². The average Bonchev–Trinajstić information content (AvgIpc) is 2.89. The van der Waals surface area contributed by atoms with Crippen LogP contribution in [0.1, 0.15) is 24.7 Å². The van der Waals surface area contributed by atoms with Gasteiger partial charge in [0.2, 0.25) is 0 Å². The molecule has 0 unspecified atom stereocenters. The van der Waals surface area contributed by atoms with Crippen LogP contribution in [0.2, 0.25) is 0 Å². The van der Waals surface area contributed by atoms with Gasteiger partial charge in [-0.25, -0.2) is 4.98 Å². The number of hydrogen-bond acceptors (Lipinski definition) is 2. The van der Waals surface area contributed by atoms with Crippen molar-refractivity contribution in [2.24, 2.45) is 0 Å². The smallest absolute Gasteiger partial charge is 0.106 e. The highest BCUT2D eigenvalue weighted by Crippen LogP contribution is 2.38. The second-order valence-corrected chi connectivity index (χ2v) is 4.01. The van der Waals surface area contributed by atoms with Crippen molar-refractivity contribution in [3.8, 4) is 0 Å². The van der Waals surface area contributed by atoms with E-state index < -0.39 is 0 Å². The number of fused-ring (bicyclic) bond motifs is 1. The monoisotopic (exact) mass is 187 g/mol. The standard InChI is InChI=1S/C11H13N3/c1-7-13-10-6-8(12)2-5-11(10)14(7)9-3-4-9/h2,5-6,9H,3-4,12H2,1H3. The van der Waals surface area contributed by atoms with Gasteiger partial charge in [0.25, 0.3) is 0 Å². The van der Waals surface area contributed by atoms with Crippen molar-refractivity contribution in [1.82, 2.24) is 9.55 Å². The average molecular weight is 187 g/mol. The van der Waals surface area contributed by atoms with Crippen LogP contribution in [-0.2, 0) is 0 Å². The Morgan fingerprint density at radius 2 is 2.21 bits per heavy atom. The second-order valence-electron chi connectivity index (χ2n) is 4.01. The van der Waals surface area contributed by atoms with Crippen LogP contribution in [0.15, 0.2) is 18.2 Å². The Bertz CT molecular complexity index is 494. The van der Waals surface area contributed by atoms with E-state index in [0.717, 1.165) is 17.0 Å². The molecule has 0 aliphatic heterocycles. The van der Waals surface area contributed by atoms with Gasteiger partial charge in [-0.3, -0.25) is 0 Å². The summed E-state index contributed by atoms with van der Waals surface area (Å²) in [5.74, 6) is 1.10. The maximum absolute atomic E-state index is 5.73. The molecule has 14 heavy (non-hydrogen) atoms. The lowest BCUT2D eigenvalue weighted by Gasteiger charge is -2.03. The quantitative estimate of drug-likeness (QED) is 0.696. The Hall–Kier alpha value is -1.51. The van der Waals surface area contributed by atoms with Crippen LogP contribution >= 0.6 is 0 Å². The summed E-state index contributed by atoms with van der Waals surface area (Å²) in [6.07, 6.45) is 2.58. The number of imidazole rings is 1. The molecule has 0 atom stereocenters. The minimum absolute atomic E-state index is 0.684. The molecule has 1 aromatic carbocycles. The number of hydrogen-bond donors (Lipinski definition) is 1. The predicted octanol–water partition coefficient (Wildman–Crippen LogP) is 2.26. The number of nitrogens with zero attached hydrogens (tertiary/aromatic N) is 2. The van der Waals surface area contributed by atoms with E-state index in [1.807, 2.05) is 12.1 Å². The fourth-order valence-electron chi connectivity index (χ4n) is 2.03. The first-order chi connectivity index (χ1) is 6.75. The van der Waals surface area contributed by atoms with Crippen LogP contribution in [0, 0.1) is 6.92 Å². The largest absolute Gasteiger partial charge is 0.399 e. The number of nitrogens with two attached hydrogens (primary N) is 1. The van der Waals surface area contributed by atoms with Crippen molar-refractivity contribution in [3.05, 3.63) is 24.0 Å². The van der Waals surface area contributed by atoms with E-state index in [1.54, 1.807) is 0 Å². The first-order valence-corrected chi connectivity index (χ1v) is 5.00. The predicted molar refractivity (Wildman–Crippen MR) is 57.2 cm³/mol. The molecule has 3 heteroatoms. The molecule has 2 N–H and O–H groups in total. The van der Waals surface area contributed by atoms with E-state index in [2.05, 4.69) is 22.5 Å². The van der Waals surface area contributed by atoms with E-state index in [9.17, 15) is 0 Å². The Kier molecular flexibility index (Phi) is 1.40. The highest BCUT2D eigenvalue weighted by atomic mass is 15.1. The number of benzene rings is 1. The SMILES string of the molecule is Cc1nc2cc(N)ccc2n1C1CC1. The van der Waals surface area contributed by atoms with E-state index in [4.69, 9.17) is 5.73 Å². The summed E-state index contributed by atoms with van der Waals surface area (Å²) in [4.78, 5) is 4.52. The van der Waals surface area contributed by atoms with Gasteiger partial charge in [-0.2, -0.15) is 0 Å². The lowest BCUT2D eigenvalue weighted by atomic mass is 10.3. The van der Waals surface area contributed by atoms with Crippen molar-refractivity contribution in [2.45, 2.75) is 25.8 Å². The zero-order chi connectivity index (χ0) is 9.71. The molecule has 0 spiro atoms. The molecule has 0 saturated heterocycles. The maximum atomic E-state index is 5.73. The van der Waals surface area contributed by atoms with Crippen molar-refractivity contribution in [1.29, 1.82) is 0 Å². The molecule has 1 saturated carbocycles. The maximum Gasteiger partial charge on any atom is 0.106 e. The summed E-state index contributed by atoms with van der Waals surface area (Å²) < 4.78 is 2.33. The van der Waals surface area contributed by atoms with Gasteiger partial charge >= 0.3 is 0 Å². The number of aromatic nitrogens is 2. The topological polar surface area (TPSA) is 43.8 Å². The molecule has 1 aromatic heterocycles. The molecule has 1 fully saturated rings. The van der Waals surface area contributed by atoms with Crippen LogP contribution in [-0.4, -0.2) is 9.55 Å². The third-order valence-electron chi connectivity index (χ3n) is 2.80. The van der Waals surface area contributed by atoms with Gasteiger partial charge in [-0.05, 0) is 38.0 Å². The molecule has 0 radical (unpaired) electrons. The summed E-state index contributed by atoms with van der Waals surface area (Å²) in [5.41, 5.74) is 8.76. The van der Waals surface area contributed by atoms with Crippen LogP contribution in [0.25, 0.3) is 11.0 Å². The lowest BCUT2D eigenvalue weighted by Crippen LogP contribution is -1.96. The van der Waals surface area contributed by atoms with E-state index in [0.29, 0.717) is 6.04 Å². The van der Waals surface area contributed by atoms with Crippen molar-refractivity contribution >= 4 is 16.7 Å². The van der Waals surface area contributed by atoms with Crippen molar-refractivity contribution in [2.75, 3.05) is 5.73 Å². The number of nitrogen functional groups attached to an aromatic ring is 1. The summed E-state index contributed by atoms with van der Waals surface area (Å²) in [7, 11) is 0. The molecular weight excluding hydrogens is 174 g/mol. The molecule has 2 aromatic rings. The minimum Gasteiger partial charge on any atom is -0.399 e. The van der Waals surface area contributed by atoms with Crippen LogP contribution < -0.4 is 5.73 Å². The van der Waals surface area contributed by atoms with Gasteiger partial charge < -0.3 is 10.3 Å². The third-order valence-corrected chi connectivity index (χ3v) is 2.80. The minimum atomic E-state index is 0.684. The van der Waals surface area contributed by atoms with Gasteiger partial charge in [-0.1, -0.05) is 0 Å². The molecule has 3 nitrogen and oxygen atoms in total. The summed E-state index contributed by atoms with van der Waals surface area (Å²) in [6, 6.07) is 6.65. The van der Waals surface area contributed by atoms with Crippen LogP contribution in [0.5, 0.6) is 0 Å². The lowest BCUT2D eigenvalue weighted by molar-refractivity contribution is 0.734. The zero-order valence-corrected chi connectivity index (χ0v) is 8.20. The number of rotatable bonds is 1. The summed E-state index contributed by atoms with van der Waals surface area (Å²) in [5, 5.41) is 0. The van der Waals surface area contributed by atoms with E-state index in [1.165, 1.54) is 18.4 Å². The fraction of sp³-hybridized carbons (Fsp3) is 0.364. The molecule has 1 heterocycles. The Balaban J connectivity index is 2.32. The van der Waals surface area contributed by atoms with Crippen LogP contribution in [0.3, 0.4) is 0 Å². The van der Waals surface area contributed by atoms with Gasteiger partial charge in [0.1, 0.15) is 5.82 Å². The molecular formula is C11H13N3. The highest BCUT2D eigenvalue weighted by molar-refractivity contribution is 5.79. The summed E-state index contributed by atoms with van der Waals surface area (Å²) in [6.45, 7) is 2.06. The Labute approximate surface area is 82.5 Å². The number of aryl methyl sites for hydroxylation is 1. The van der Waals surface area contributed by atoms with Gasteiger partial charge in [-0.15, -0.1) is 0 Å². The fourth-order valence-corrected chi connectivity index (χ4v) is 2.03. The van der Waals surface area contributed by atoms with Gasteiger partial charge in [0, 0.05) is 11.7 Å². The first-order valence-electron chi connectivity index (χ1n) is 5.00. The van der Waals surface area contributed by atoms with Crippen molar-refractivity contribution in [3.63, 3.8) is 0 Å². The van der Waals surface area contributed by atoms with Gasteiger partial charge in [0.15, 0.2) is 0 Å². The third kappa shape index (κ3) is 1.02. The molecule has 0 bridgehead atoms. The summed E-state index contributed by atoms with van der Waals surface area (Å²) >= 11 is 0. The normalized spacial score (nSPS) is 16.4. The Morgan fingerprint density at radius 3 is 2.93 bits per heavy atom. The van der Waals surface area contributed by atoms with Crippen LogP contribution in [0.4, 0.5) is 5.69 Å². The molecule has 72 valence electrons. The highest BCUT2D eigenvalue weighted by Gasteiger charge is 2.26. The zero-order valence-electron chi connectivity index (χ0n) is 8.20. The van der Waals surface area contributed by atoms with E-state index in [-0.39, 0.29) is 0 Å². The second kappa shape index (κ2) is 2.50. The Morgan fingerprint density at radius 1 is 1.43 bits per heavy atom. The van der Waals surface area contributed by atoms with E-state index >= 15 is 0 Å². The molecule has 3 rings (SSSR count). The molecule has 1 aliphatic carbocycles.